The van der Waals surface area contributed by atoms with E-state index in [-0.39, 0.29) is 25.9 Å². The Balaban J connectivity index is 2.67. The minimum absolute atomic E-state index is 0.0425. The third kappa shape index (κ3) is 43.2. The molecule has 0 aliphatic carbocycles. The van der Waals surface area contributed by atoms with E-state index in [4.69, 9.17) is 23.7 Å². The van der Waals surface area contributed by atoms with Crippen LogP contribution in [0.25, 0.3) is 0 Å². The van der Waals surface area contributed by atoms with Gasteiger partial charge < -0.3 is 39.0 Å². The number of unbranched alkanes of at least 4 members (excludes halogenated alkanes) is 32. The molecular weight excluding hydrogens is 973 g/mol. The van der Waals surface area contributed by atoms with Crippen molar-refractivity contribution in [3.05, 3.63) is 48.6 Å². The lowest BCUT2D eigenvalue weighted by atomic mass is 9.98. The van der Waals surface area contributed by atoms with E-state index in [1.54, 1.807) is 0 Å². The normalized spacial score (nSPS) is 18.3. The third-order valence-corrected chi connectivity index (χ3v) is 14.4. The first kappa shape index (κ1) is 71.7. The van der Waals surface area contributed by atoms with E-state index in [9.17, 15) is 34.5 Å². The van der Waals surface area contributed by atoms with Crippen molar-refractivity contribution in [3.8, 4) is 0 Å². The average molecular weight is 1090 g/mol. The molecule has 1 aliphatic rings. The van der Waals surface area contributed by atoms with Gasteiger partial charge in [0.15, 0.2) is 24.6 Å². The van der Waals surface area contributed by atoms with Gasteiger partial charge in [-0.2, -0.15) is 0 Å². The van der Waals surface area contributed by atoms with E-state index in [0.29, 0.717) is 19.3 Å². The van der Waals surface area contributed by atoms with E-state index < -0.39 is 67.3 Å². The number of carboxylic acids is 1. The number of carbonyl (C=O) groups excluding carboxylic acids is 3. The molecule has 0 aromatic rings. The van der Waals surface area contributed by atoms with Crippen LogP contribution in [0, 0.1) is 0 Å². The van der Waals surface area contributed by atoms with Gasteiger partial charge in [0.2, 0.25) is 0 Å². The molecule has 1 saturated heterocycles. The lowest BCUT2D eigenvalue weighted by Gasteiger charge is -2.40. The largest absolute Gasteiger partial charge is 0.479 e. The molecule has 0 aromatic heterocycles. The molecule has 1 heterocycles. The van der Waals surface area contributed by atoms with E-state index in [1.807, 2.05) is 0 Å². The van der Waals surface area contributed by atoms with Gasteiger partial charge in [0.25, 0.3) is 0 Å². The number of aliphatic hydroxyl groups is 2. The maximum atomic E-state index is 13.2. The monoisotopic (exact) mass is 1090 g/mol. The number of carboxylic acid groups (broad SMARTS) is 1. The zero-order chi connectivity index (χ0) is 56.1. The highest BCUT2D eigenvalue weighted by molar-refractivity contribution is 5.74. The summed E-state index contributed by atoms with van der Waals surface area (Å²) in [5.41, 5.74) is 0. The SMILES string of the molecule is CC/C=C\C/C=C\C/C=C\CCCCCCCC(=O)OC1C(OCC(COC(=O)CCCCCCCCC/C=C\CCCCCCCC)OC(=O)CCCCCCCCCCCCCCCCC)OC(C(=O)O)C(O)C1O. The molecular formula is C65H114O12. The minimum Gasteiger partial charge on any atom is -0.479 e. The second-order valence-electron chi connectivity index (χ2n) is 21.7. The van der Waals surface area contributed by atoms with Crippen LogP contribution in [0.5, 0.6) is 0 Å². The van der Waals surface area contributed by atoms with Crippen LogP contribution in [0.4, 0.5) is 0 Å². The second-order valence-corrected chi connectivity index (χ2v) is 21.7. The summed E-state index contributed by atoms with van der Waals surface area (Å²) in [5.74, 6) is -3.12. The number of hydrogen-bond donors (Lipinski definition) is 3. The maximum Gasteiger partial charge on any atom is 0.335 e. The number of ether oxygens (including phenoxy) is 5. The topological polar surface area (TPSA) is 175 Å². The molecule has 0 amide bonds. The van der Waals surface area contributed by atoms with Crippen LogP contribution >= 0.6 is 0 Å². The van der Waals surface area contributed by atoms with E-state index in [0.717, 1.165) is 96.3 Å². The summed E-state index contributed by atoms with van der Waals surface area (Å²) >= 11 is 0. The summed E-state index contributed by atoms with van der Waals surface area (Å²) in [4.78, 5) is 51.2. The van der Waals surface area contributed by atoms with Crippen molar-refractivity contribution in [2.45, 2.75) is 327 Å². The van der Waals surface area contributed by atoms with Crippen LogP contribution in [0.2, 0.25) is 0 Å². The van der Waals surface area contributed by atoms with Gasteiger partial charge in [-0.1, -0.05) is 243 Å². The predicted molar refractivity (Wildman–Crippen MR) is 312 cm³/mol. The van der Waals surface area contributed by atoms with Gasteiger partial charge in [0.05, 0.1) is 6.61 Å². The summed E-state index contributed by atoms with van der Waals surface area (Å²) in [6, 6.07) is 0. The average Bonchev–Trinajstić information content (AvgIpc) is 3.43. The fourth-order valence-electron chi connectivity index (χ4n) is 9.56. The Morgan fingerprint density at radius 2 is 0.818 bits per heavy atom. The molecule has 1 fully saturated rings. The summed E-state index contributed by atoms with van der Waals surface area (Å²) in [6.45, 7) is 5.90. The van der Waals surface area contributed by atoms with Gasteiger partial charge in [-0.05, 0) is 77.0 Å². The predicted octanol–water partition coefficient (Wildman–Crippen LogP) is 16.6. The Morgan fingerprint density at radius 1 is 0.442 bits per heavy atom. The van der Waals surface area contributed by atoms with Crippen molar-refractivity contribution < 1.29 is 58.2 Å². The van der Waals surface area contributed by atoms with E-state index >= 15 is 0 Å². The van der Waals surface area contributed by atoms with Crippen molar-refractivity contribution >= 4 is 23.9 Å². The number of carbonyl (C=O) groups is 4. The Hall–Kier alpha value is -3.32. The van der Waals surface area contributed by atoms with Crippen LogP contribution in [-0.2, 0) is 42.9 Å². The number of hydrogen-bond acceptors (Lipinski definition) is 11. The molecule has 12 heteroatoms. The first-order valence-corrected chi connectivity index (χ1v) is 31.6. The van der Waals surface area contributed by atoms with Gasteiger partial charge in [0, 0.05) is 19.3 Å². The molecule has 0 radical (unpaired) electrons. The molecule has 6 atom stereocenters. The van der Waals surface area contributed by atoms with Crippen LogP contribution < -0.4 is 0 Å². The summed E-state index contributed by atoms with van der Waals surface area (Å²) < 4.78 is 28.5. The summed E-state index contributed by atoms with van der Waals surface area (Å²) in [7, 11) is 0. The minimum atomic E-state index is -1.91. The highest BCUT2D eigenvalue weighted by Gasteiger charge is 2.50. The highest BCUT2D eigenvalue weighted by Crippen LogP contribution is 2.27. The highest BCUT2D eigenvalue weighted by atomic mass is 16.7. The van der Waals surface area contributed by atoms with Crippen molar-refractivity contribution in [1.82, 2.24) is 0 Å². The fourth-order valence-corrected chi connectivity index (χ4v) is 9.56. The molecule has 1 rings (SSSR count). The maximum absolute atomic E-state index is 13.2. The molecule has 0 spiro atoms. The molecule has 446 valence electrons. The number of esters is 3. The second kappa shape index (κ2) is 53.3. The van der Waals surface area contributed by atoms with Gasteiger partial charge in [0.1, 0.15) is 18.8 Å². The summed E-state index contributed by atoms with van der Waals surface area (Å²) in [6.07, 6.45) is 52.1. The lowest BCUT2D eigenvalue weighted by molar-refractivity contribution is -0.301. The van der Waals surface area contributed by atoms with Crippen LogP contribution in [0.3, 0.4) is 0 Å². The van der Waals surface area contributed by atoms with E-state index in [2.05, 4.69) is 69.4 Å². The number of aliphatic carboxylic acids is 1. The first-order chi connectivity index (χ1) is 37.6. The zero-order valence-corrected chi connectivity index (χ0v) is 49.2. The standard InChI is InChI=1S/C65H114O12/c1-4-7-10-13-16-19-22-25-28-29-32-33-36-39-42-45-48-51-57(66)73-54-56(75-58(67)52-49-46-43-40-37-34-30-26-23-20-17-14-11-8-5-2)55-74-65-63(61(70)60(69)62(77-65)64(71)72)76-59(68)53-50-47-44-41-38-35-31-27-24-21-18-15-12-9-6-3/h9,12,18,21,25,27-28,31,56,60-63,65,69-70H,4-8,10-11,13-17,19-20,22-24,26,29-30,32-55H2,1-3H3,(H,71,72)/b12-9-,21-18-,28-25-,31-27-. The van der Waals surface area contributed by atoms with Crippen molar-refractivity contribution in [2.24, 2.45) is 0 Å². The Kier molecular flexibility index (Phi) is 49.7. The van der Waals surface area contributed by atoms with Crippen molar-refractivity contribution in [2.75, 3.05) is 13.2 Å². The Bertz CT molecular complexity index is 1520. The number of aliphatic hydroxyl groups excluding tert-OH is 2. The molecule has 12 nitrogen and oxygen atoms in total. The smallest absolute Gasteiger partial charge is 0.335 e. The summed E-state index contributed by atoms with van der Waals surface area (Å²) in [5, 5.41) is 31.5. The lowest BCUT2D eigenvalue weighted by Crippen LogP contribution is -2.61. The van der Waals surface area contributed by atoms with Crippen LogP contribution in [-0.4, -0.2) is 89.2 Å². The molecule has 3 N–H and O–H groups in total. The van der Waals surface area contributed by atoms with Gasteiger partial charge in [-0.15, -0.1) is 0 Å². The molecule has 1 aliphatic heterocycles. The Morgan fingerprint density at radius 3 is 1.26 bits per heavy atom. The van der Waals surface area contributed by atoms with Crippen molar-refractivity contribution in [1.29, 1.82) is 0 Å². The van der Waals surface area contributed by atoms with Crippen LogP contribution in [0.1, 0.15) is 290 Å². The molecule has 0 aromatic carbocycles. The quantitative estimate of drug-likeness (QED) is 0.0228. The van der Waals surface area contributed by atoms with Crippen molar-refractivity contribution in [3.63, 3.8) is 0 Å². The fraction of sp³-hybridized carbons (Fsp3) is 0.815. The zero-order valence-electron chi connectivity index (χ0n) is 49.2. The Labute approximate surface area is 469 Å². The molecule has 6 unspecified atom stereocenters. The molecule has 0 saturated carbocycles. The number of allylic oxidation sites excluding steroid dienone is 8. The number of rotatable bonds is 54. The van der Waals surface area contributed by atoms with Gasteiger partial charge in [-0.25, -0.2) is 4.79 Å². The van der Waals surface area contributed by atoms with Gasteiger partial charge >= 0.3 is 23.9 Å². The van der Waals surface area contributed by atoms with E-state index in [1.165, 1.54) is 135 Å². The molecule has 0 bridgehead atoms. The van der Waals surface area contributed by atoms with Crippen LogP contribution in [0.15, 0.2) is 48.6 Å². The molecule has 77 heavy (non-hydrogen) atoms. The third-order valence-electron chi connectivity index (χ3n) is 14.4. The first-order valence-electron chi connectivity index (χ1n) is 31.6. The van der Waals surface area contributed by atoms with Gasteiger partial charge in [-0.3, -0.25) is 14.4 Å².